The van der Waals surface area contributed by atoms with Gasteiger partial charge in [-0.05, 0) is 42.5 Å². The normalized spacial score (nSPS) is 12.7. The van der Waals surface area contributed by atoms with E-state index in [2.05, 4.69) is 36.4 Å². The minimum atomic E-state index is -2.27. The first-order chi connectivity index (χ1) is 17.0. The van der Waals surface area contributed by atoms with E-state index in [0.29, 0.717) is 6.16 Å². The van der Waals surface area contributed by atoms with Crippen LogP contribution in [0.5, 0.6) is 0 Å². The Morgan fingerprint density at radius 1 is 0.667 bits per heavy atom. The molecule has 180 valence electrons. The average molecular weight is 561 g/mol. The zero-order valence-electron chi connectivity index (χ0n) is 19.2. The molecule has 0 aliphatic carbocycles. The molecule has 8 heteroatoms. The number of hydrogen-bond donors (Lipinski definition) is 0. The molecular weight excluding hydrogens is 539 g/mol. The number of benzene rings is 4. The molecule has 0 saturated heterocycles. The average Bonchev–Trinajstić information content (AvgIpc) is 3.15. The Morgan fingerprint density at radius 2 is 1.14 bits per heavy atom. The number of carbonyl (C=O) groups excluding carboxylic acids is 2. The summed E-state index contributed by atoms with van der Waals surface area (Å²) in [5, 5.41) is 14.9. The van der Waals surface area contributed by atoms with Gasteiger partial charge in [-0.15, -0.1) is 0 Å². The van der Waals surface area contributed by atoms with E-state index in [0.717, 1.165) is 15.9 Å². The SMILES string of the molecule is O=C1c2cccc([N+](=O)[O-])c2C(=O)N1CC[P+](c1ccccc1)(c1ccccc1)c1ccccc1.[Br-]. The number of imide groups is 1. The lowest BCUT2D eigenvalue weighted by Gasteiger charge is -2.29. The first kappa shape index (κ1) is 25.4. The summed E-state index contributed by atoms with van der Waals surface area (Å²) in [6, 6.07) is 34.7. The van der Waals surface area contributed by atoms with Crippen molar-refractivity contribution in [1.82, 2.24) is 4.90 Å². The van der Waals surface area contributed by atoms with Gasteiger partial charge in [0, 0.05) is 6.07 Å². The van der Waals surface area contributed by atoms with Crippen LogP contribution in [0.1, 0.15) is 20.7 Å². The highest BCUT2D eigenvalue weighted by atomic mass is 79.9. The van der Waals surface area contributed by atoms with Gasteiger partial charge in [-0.25, -0.2) is 0 Å². The second kappa shape index (κ2) is 10.5. The number of amides is 2. The van der Waals surface area contributed by atoms with Crippen molar-refractivity contribution in [1.29, 1.82) is 0 Å². The van der Waals surface area contributed by atoms with Crippen LogP contribution in [-0.4, -0.2) is 34.3 Å². The Balaban J connectivity index is 0.00000304. The molecule has 5 rings (SSSR count). The molecule has 0 radical (unpaired) electrons. The Bertz CT molecular complexity index is 1320. The van der Waals surface area contributed by atoms with Crippen molar-refractivity contribution in [3.05, 3.63) is 130 Å². The van der Waals surface area contributed by atoms with Gasteiger partial charge < -0.3 is 17.0 Å². The predicted octanol–water partition coefficient (Wildman–Crippen LogP) is 1.19. The number of carbonyl (C=O) groups is 2. The topological polar surface area (TPSA) is 80.5 Å². The number of hydrogen-bond acceptors (Lipinski definition) is 4. The quantitative estimate of drug-likeness (QED) is 0.147. The predicted molar refractivity (Wildman–Crippen MR) is 138 cm³/mol. The number of fused-ring (bicyclic) bond motifs is 1. The van der Waals surface area contributed by atoms with Crippen LogP contribution in [0.4, 0.5) is 5.69 Å². The van der Waals surface area contributed by atoms with Crippen LogP contribution in [0.3, 0.4) is 0 Å². The van der Waals surface area contributed by atoms with Crippen molar-refractivity contribution in [3.63, 3.8) is 0 Å². The Kier molecular flexibility index (Phi) is 7.43. The third-order valence-corrected chi connectivity index (χ3v) is 10.8. The van der Waals surface area contributed by atoms with Gasteiger partial charge >= 0.3 is 0 Å². The van der Waals surface area contributed by atoms with Crippen molar-refractivity contribution < 1.29 is 31.5 Å². The monoisotopic (exact) mass is 560 g/mol. The summed E-state index contributed by atoms with van der Waals surface area (Å²) in [4.78, 5) is 38.6. The molecule has 0 bridgehead atoms. The lowest BCUT2D eigenvalue weighted by atomic mass is 10.1. The Hall–Kier alpha value is -3.67. The van der Waals surface area contributed by atoms with Crippen molar-refractivity contribution in [2.45, 2.75) is 0 Å². The number of rotatable bonds is 7. The molecule has 0 fully saturated rings. The first-order valence-corrected chi connectivity index (χ1v) is 13.2. The van der Waals surface area contributed by atoms with E-state index < -0.39 is 24.0 Å². The second-order valence-electron chi connectivity index (χ2n) is 8.26. The van der Waals surface area contributed by atoms with Crippen LogP contribution in [0.25, 0.3) is 0 Å². The zero-order chi connectivity index (χ0) is 24.4. The van der Waals surface area contributed by atoms with E-state index >= 15 is 0 Å². The summed E-state index contributed by atoms with van der Waals surface area (Å²) < 4.78 is 0. The molecule has 0 aromatic heterocycles. The van der Waals surface area contributed by atoms with Crippen LogP contribution in [0.2, 0.25) is 0 Å². The molecule has 0 spiro atoms. The molecule has 1 aliphatic heterocycles. The highest BCUT2D eigenvalue weighted by Gasteiger charge is 2.48. The standard InChI is InChI=1S/C28H22N2O4P.BrH/c31-27-24-17-10-18-25(30(33)34)26(24)28(32)29(27)19-20-35(21-11-4-1-5-12-21,22-13-6-2-7-14-22)23-15-8-3-9-16-23;/h1-18H,19-20H2;1H/q+1;/p-1. The summed E-state index contributed by atoms with van der Waals surface area (Å²) in [7, 11) is -2.27. The van der Waals surface area contributed by atoms with E-state index in [1.807, 2.05) is 54.6 Å². The number of nitro benzene ring substituents is 1. The van der Waals surface area contributed by atoms with Crippen LogP contribution in [0.15, 0.2) is 109 Å². The van der Waals surface area contributed by atoms with Gasteiger partial charge in [0.1, 0.15) is 28.7 Å². The van der Waals surface area contributed by atoms with Crippen LogP contribution in [0, 0.1) is 10.1 Å². The summed E-state index contributed by atoms with van der Waals surface area (Å²) >= 11 is 0. The fraction of sp³-hybridized carbons (Fsp3) is 0.0714. The lowest BCUT2D eigenvalue weighted by Crippen LogP contribution is -3.00. The number of nitro groups is 1. The van der Waals surface area contributed by atoms with Gasteiger partial charge in [0.05, 0.1) is 23.2 Å². The maximum atomic E-state index is 13.3. The van der Waals surface area contributed by atoms with Gasteiger partial charge in [0.2, 0.25) is 0 Å². The zero-order valence-corrected chi connectivity index (χ0v) is 21.6. The minimum Gasteiger partial charge on any atom is -1.00 e. The maximum absolute atomic E-state index is 13.3. The van der Waals surface area contributed by atoms with Gasteiger partial charge in [0.15, 0.2) is 0 Å². The fourth-order valence-electron chi connectivity index (χ4n) is 4.80. The van der Waals surface area contributed by atoms with Crippen LogP contribution in [-0.2, 0) is 0 Å². The molecule has 0 unspecified atom stereocenters. The highest BCUT2D eigenvalue weighted by Crippen LogP contribution is 2.55. The largest absolute Gasteiger partial charge is 1.00 e. The van der Waals surface area contributed by atoms with Crippen LogP contribution < -0.4 is 32.9 Å². The molecule has 2 amide bonds. The first-order valence-electron chi connectivity index (χ1n) is 11.2. The van der Waals surface area contributed by atoms with Crippen molar-refractivity contribution in [3.8, 4) is 0 Å². The fourth-order valence-corrected chi connectivity index (χ4v) is 9.02. The van der Waals surface area contributed by atoms with E-state index in [1.165, 1.54) is 23.1 Å². The number of halogens is 1. The van der Waals surface area contributed by atoms with Gasteiger partial charge in [-0.3, -0.25) is 24.6 Å². The summed E-state index contributed by atoms with van der Waals surface area (Å²) in [5.41, 5.74) is -0.364. The van der Waals surface area contributed by atoms with Crippen molar-refractivity contribution in [2.75, 3.05) is 12.7 Å². The van der Waals surface area contributed by atoms with Crippen molar-refractivity contribution >= 4 is 40.7 Å². The smallest absolute Gasteiger partial charge is 0.282 e. The Morgan fingerprint density at radius 3 is 1.58 bits per heavy atom. The van der Waals surface area contributed by atoms with Gasteiger partial charge in [0.25, 0.3) is 17.5 Å². The lowest BCUT2D eigenvalue weighted by molar-refractivity contribution is -0.385. The van der Waals surface area contributed by atoms with Crippen LogP contribution >= 0.6 is 7.26 Å². The van der Waals surface area contributed by atoms with E-state index in [1.54, 1.807) is 0 Å². The third-order valence-electron chi connectivity index (χ3n) is 6.42. The summed E-state index contributed by atoms with van der Waals surface area (Å²) in [6.45, 7) is 0.149. The molecular formula is C28H22BrN2O4P. The second-order valence-corrected chi connectivity index (χ2v) is 11.9. The maximum Gasteiger partial charge on any atom is 0.282 e. The molecule has 36 heavy (non-hydrogen) atoms. The third kappa shape index (κ3) is 4.25. The molecule has 1 aliphatic rings. The van der Waals surface area contributed by atoms with E-state index in [4.69, 9.17) is 0 Å². The van der Waals surface area contributed by atoms with Crippen molar-refractivity contribution in [2.24, 2.45) is 0 Å². The minimum absolute atomic E-state index is 0. The molecule has 0 saturated carbocycles. The summed E-state index contributed by atoms with van der Waals surface area (Å²) in [5.74, 6) is -1.09. The molecule has 0 atom stereocenters. The molecule has 1 heterocycles. The molecule has 6 nitrogen and oxygen atoms in total. The molecule has 0 N–H and O–H groups in total. The summed E-state index contributed by atoms with van der Waals surface area (Å²) in [6.07, 6.45) is 0.518. The molecule has 4 aromatic carbocycles. The highest BCUT2D eigenvalue weighted by molar-refractivity contribution is 7.95. The van der Waals surface area contributed by atoms with Gasteiger partial charge in [-0.2, -0.15) is 0 Å². The number of nitrogens with zero attached hydrogens (tertiary/aromatic N) is 2. The van der Waals surface area contributed by atoms with E-state index in [9.17, 15) is 19.7 Å². The van der Waals surface area contributed by atoms with Gasteiger partial charge in [-0.1, -0.05) is 60.7 Å². The molecule has 4 aromatic rings. The Labute approximate surface area is 219 Å². The van der Waals surface area contributed by atoms with E-state index in [-0.39, 0.29) is 40.3 Å².